The molecule has 1 N–H and O–H groups in total. The van der Waals surface area contributed by atoms with Crippen LogP contribution in [-0.2, 0) is 0 Å². The average Bonchev–Trinajstić information content (AvgIpc) is 2.86. The molecule has 108 valence electrons. The molecule has 0 radical (unpaired) electrons. The fourth-order valence-electron chi connectivity index (χ4n) is 2.18. The van der Waals surface area contributed by atoms with E-state index >= 15 is 0 Å². The average molecular weight is 315 g/mol. The number of oxazole rings is 1. The predicted octanol–water partition coefficient (Wildman–Crippen LogP) is 2.53. The van der Waals surface area contributed by atoms with E-state index in [-0.39, 0.29) is 12.4 Å². The summed E-state index contributed by atoms with van der Waals surface area (Å²) in [6, 6.07) is 1.89. The van der Waals surface area contributed by atoms with Crippen molar-refractivity contribution in [1.82, 2.24) is 15.3 Å². The lowest BCUT2D eigenvalue weighted by Gasteiger charge is -2.29. The van der Waals surface area contributed by atoms with E-state index in [0.717, 1.165) is 43.3 Å². The largest absolute Gasteiger partial charge is 0.449 e. The molecule has 5 nitrogen and oxygen atoms in total. The molecule has 0 saturated carbocycles. The second kappa shape index (κ2) is 6.43. The Labute approximate surface area is 128 Å². The van der Waals surface area contributed by atoms with Crippen molar-refractivity contribution in [2.24, 2.45) is 0 Å². The first-order valence-electron chi connectivity index (χ1n) is 6.28. The number of hydrogen-bond donors (Lipinski definition) is 1. The molecule has 20 heavy (non-hydrogen) atoms. The zero-order chi connectivity index (χ0) is 13.2. The molecule has 2 aromatic heterocycles. The fourth-order valence-corrected chi connectivity index (χ4v) is 2.46. The van der Waals surface area contributed by atoms with Gasteiger partial charge >= 0.3 is 0 Å². The molecule has 1 aliphatic heterocycles. The molecule has 3 rings (SSSR count). The summed E-state index contributed by atoms with van der Waals surface area (Å²) in [5.74, 6) is 1.48. The Bertz CT molecular complexity index is 582. The maximum absolute atomic E-state index is 6.34. The Morgan fingerprint density at radius 1 is 1.35 bits per heavy atom. The van der Waals surface area contributed by atoms with Crippen molar-refractivity contribution in [2.75, 3.05) is 31.1 Å². The van der Waals surface area contributed by atoms with E-state index in [1.54, 1.807) is 12.5 Å². The van der Waals surface area contributed by atoms with Crippen LogP contribution in [-0.4, -0.2) is 36.1 Å². The molecule has 1 saturated heterocycles. The normalized spacial score (nSPS) is 15.0. The molecule has 0 unspecified atom stereocenters. The number of halogens is 2. The second-order valence-electron chi connectivity index (χ2n) is 4.52. The van der Waals surface area contributed by atoms with Gasteiger partial charge in [0.15, 0.2) is 5.89 Å². The summed E-state index contributed by atoms with van der Waals surface area (Å²) in [6.07, 6.45) is 3.41. The van der Waals surface area contributed by atoms with Gasteiger partial charge in [0.05, 0.1) is 5.02 Å². The van der Waals surface area contributed by atoms with Crippen LogP contribution in [0.5, 0.6) is 0 Å². The molecular weight excluding hydrogens is 299 g/mol. The highest BCUT2D eigenvalue weighted by Gasteiger charge is 2.16. The number of hydrogen-bond acceptors (Lipinski definition) is 5. The van der Waals surface area contributed by atoms with Gasteiger partial charge in [0.25, 0.3) is 0 Å². The second-order valence-corrected chi connectivity index (χ2v) is 4.93. The van der Waals surface area contributed by atoms with Crippen LogP contribution < -0.4 is 10.2 Å². The number of aryl methyl sites for hydroxylation is 1. The highest BCUT2D eigenvalue weighted by molar-refractivity contribution is 6.33. The van der Waals surface area contributed by atoms with Gasteiger partial charge in [-0.05, 0) is 6.07 Å². The van der Waals surface area contributed by atoms with E-state index in [2.05, 4.69) is 20.2 Å². The minimum absolute atomic E-state index is 0. The summed E-state index contributed by atoms with van der Waals surface area (Å²) in [4.78, 5) is 10.9. The maximum Gasteiger partial charge on any atom is 0.191 e. The molecule has 2 aromatic rings. The minimum Gasteiger partial charge on any atom is -0.449 e. The Morgan fingerprint density at radius 2 is 2.10 bits per heavy atom. The van der Waals surface area contributed by atoms with Crippen LogP contribution in [0.3, 0.4) is 0 Å². The van der Waals surface area contributed by atoms with Gasteiger partial charge in [-0.15, -0.1) is 12.4 Å². The van der Waals surface area contributed by atoms with Gasteiger partial charge < -0.3 is 14.6 Å². The number of nitrogens with zero attached hydrogens (tertiary/aromatic N) is 3. The molecule has 3 heterocycles. The summed E-state index contributed by atoms with van der Waals surface area (Å²) >= 11 is 6.34. The van der Waals surface area contributed by atoms with E-state index in [1.807, 2.05) is 13.0 Å². The topological polar surface area (TPSA) is 54.2 Å². The third-order valence-corrected chi connectivity index (χ3v) is 3.43. The minimum atomic E-state index is 0. The van der Waals surface area contributed by atoms with Gasteiger partial charge in [0.1, 0.15) is 17.8 Å². The molecule has 0 atom stereocenters. The summed E-state index contributed by atoms with van der Waals surface area (Å²) in [5, 5.41) is 3.96. The molecule has 0 spiro atoms. The van der Waals surface area contributed by atoms with E-state index in [0.29, 0.717) is 10.9 Å². The predicted molar refractivity (Wildman–Crippen MR) is 81.8 cm³/mol. The van der Waals surface area contributed by atoms with Crippen LogP contribution in [0.4, 0.5) is 5.82 Å². The quantitative estimate of drug-likeness (QED) is 0.923. The third-order valence-electron chi connectivity index (χ3n) is 3.15. The monoisotopic (exact) mass is 314 g/mol. The standard InChI is InChI=1S/C13H15ClN4O.ClH/c1-9-17-12(8-19-9)10-6-11(14)13(16-7-10)18-4-2-15-3-5-18;/h6-8,15H,2-5H2,1H3;1H. The van der Waals surface area contributed by atoms with Gasteiger partial charge in [-0.2, -0.15) is 0 Å². The van der Waals surface area contributed by atoms with Crippen LogP contribution in [0.15, 0.2) is 22.9 Å². The van der Waals surface area contributed by atoms with Crippen LogP contribution >= 0.6 is 24.0 Å². The molecule has 0 bridgehead atoms. The first-order chi connectivity index (χ1) is 9.24. The first kappa shape index (κ1) is 15.1. The van der Waals surface area contributed by atoms with Crippen molar-refractivity contribution in [2.45, 2.75) is 6.92 Å². The SMILES string of the molecule is Cc1nc(-c2cnc(N3CCNCC3)c(Cl)c2)co1.Cl. The molecule has 0 amide bonds. The smallest absolute Gasteiger partial charge is 0.191 e. The van der Waals surface area contributed by atoms with Gasteiger partial charge in [-0.25, -0.2) is 9.97 Å². The fraction of sp³-hybridized carbons (Fsp3) is 0.385. The van der Waals surface area contributed by atoms with E-state index in [4.69, 9.17) is 16.0 Å². The molecular formula is C13H16Cl2N4O. The molecule has 0 aromatic carbocycles. The van der Waals surface area contributed by atoms with E-state index in [1.165, 1.54) is 0 Å². The number of nitrogens with one attached hydrogen (secondary N) is 1. The summed E-state index contributed by atoms with van der Waals surface area (Å²) < 4.78 is 5.20. The van der Waals surface area contributed by atoms with Crippen LogP contribution in [0.25, 0.3) is 11.3 Å². The van der Waals surface area contributed by atoms with Crippen LogP contribution in [0, 0.1) is 6.92 Å². The zero-order valence-corrected chi connectivity index (χ0v) is 12.7. The van der Waals surface area contributed by atoms with Crippen molar-refractivity contribution in [3.63, 3.8) is 0 Å². The van der Waals surface area contributed by atoms with E-state index < -0.39 is 0 Å². The van der Waals surface area contributed by atoms with Crippen molar-refractivity contribution in [3.05, 3.63) is 29.4 Å². The lowest BCUT2D eigenvalue weighted by atomic mass is 10.2. The Kier molecular flexibility index (Phi) is 4.86. The number of piperazine rings is 1. The van der Waals surface area contributed by atoms with Crippen molar-refractivity contribution in [1.29, 1.82) is 0 Å². The molecule has 1 aliphatic rings. The van der Waals surface area contributed by atoms with E-state index in [9.17, 15) is 0 Å². The van der Waals surface area contributed by atoms with Crippen molar-refractivity contribution >= 4 is 29.8 Å². The lowest BCUT2D eigenvalue weighted by Crippen LogP contribution is -2.44. The van der Waals surface area contributed by atoms with Gasteiger partial charge in [0, 0.05) is 44.9 Å². The highest BCUT2D eigenvalue weighted by atomic mass is 35.5. The van der Waals surface area contributed by atoms with Crippen LogP contribution in [0.2, 0.25) is 5.02 Å². The first-order valence-corrected chi connectivity index (χ1v) is 6.65. The summed E-state index contributed by atoms with van der Waals surface area (Å²) in [6.45, 7) is 5.59. The Morgan fingerprint density at radius 3 is 2.70 bits per heavy atom. The number of aromatic nitrogens is 2. The Balaban J connectivity index is 0.00000147. The summed E-state index contributed by atoms with van der Waals surface area (Å²) in [5.41, 5.74) is 1.64. The lowest BCUT2D eigenvalue weighted by molar-refractivity contribution is 0.521. The van der Waals surface area contributed by atoms with Gasteiger partial charge in [-0.3, -0.25) is 0 Å². The maximum atomic E-state index is 6.34. The molecule has 1 fully saturated rings. The van der Waals surface area contributed by atoms with Gasteiger partial charge in [-0.1, -0.05) is 11.6 Å². The number of anilines is 1. The third kappa shape index (κ3) is 3.06. The number of rotatable bonds is 2. The highest BCUT2D eigenvalue weighted by Crippen LogP contribution is 2.28. The molecule has 7 heteroatoms. The number of pyridine rings is 1. The Hall–Kier alpha value is -1.30. The van der Waals surface area contributed by atoms with Crippen LogP contribution in [0.1, 0.15) is 5.89 Å². The molecule has 0 aliphatic carbocycles. The van der Waals surface area contributed by atoms with Crippen molar-refractivity contribution in [3.8, 4) is 11.3 Å². The van der Waals surface area contributed by atoms with Gasteiger partial charge in [0.2, 0.25) is 0 Å². The zero-order valence-electron chi connectivity index (χ0n) is 11.1. The summed E-state index contributed by atoms with van der Waals surface area (Å²) in [7, 11) is 0. The van der Waals surface area contributed by atoms with Crippen molar-refractivity contribution < 1.29 is 4.42 Å².